The maximum atomic E-state index is 11.5. The van der Waals surface area contributed by atoms with Gasteiger partial charge in [-0.25, -0.2) is 0 Å². The quantitative estimate of drug-likeness (QED) is 0.761. The lowest BCUT2D eigenvalue weighted by Crippen LogP contribution is -2.39. The van der Waals surface area contributed by atoms with Gasteiger partial charge >= 0.3 is 0 Å². The van der Waals surface area contributed by atoms with Gasteiger partial charge in [0.05, 0.1) is 0 Å². The molecule has 22 heavy (non-hydrogen) atoms. The third-order valence-corrected chi connectivity index (χ3v) is 3.44. The van der Waals surface area contributed by atoms with Gasteiger partial charge in [0.25, 0.3) is 0 Å². The summed E-state index contributed by atoms with van der Waals surface area (Å²) < 4.78 is 5.65. The second kappa shape index (κ2) is 8.76. The number of aryl methyl sites for hydroxylation is 2. The molecule has 0 radical (unpaired) electrons. The first kappa shape index (κ1) is 18.5. The molecule has 0 aliphatic rings. The molecule has 0 fully saturated rings. The van der Waals surface area contributed by atoms with Crippen LogP contribution in [0.2, 0.25) is 0 Å². The molecule has 0 aromatic heterocycles. The zero-order valence-corrected chi connectivity index (χ0v) is 14.2. The minimum absolute atomic E-state index is 0.00725. The largest absolute Gasteiger partial charge is 0.491 e. The summed E-state index contributed by atoms with van der Waals surface area (Å²) in [5.74, 6) is 0.674. The van der Waals surface area contributed by atoms with E-state index < -0.39 is 6.10 Å². The number of ether oxygens (including phenoxy) is 1. The number of carbonyl (C=O) groups excluding carboxylic acids is 1. The van der Waals surface area contributed by atoms with E-state index in [1.165, 1.54) is 0 Å². The molecule has 124 valence electrons. The summed E-state index contributed by atoms with van der Waals surface area (Å²) >= 11 is 0. The number of nitrogens with one attached hydrogen (secondary N) is 1. The summed E-state index contributed by atoms with van der Waals surface area (Å²) in [7, 11) is 3.52. The molecule has 2 unspecified atom stereocenters. The summed E-state index contributed by atoms with van der Waals surface area (Å²) in [5.41, 5.74) is 2.28. The first-order chi connectivity index (χ1) is 10.3. The van der Waals surface area contributed by atoms with Crippen LogP contribution in [0.3, 0.4) is 0 Å². The van der Waals surface area contributed by atoms with Crippen molar-refractivity contribution in [2.45, 2.75) is 26.9 Å². The average molecular weight is 308 g/mol. The second-order valence-electron chi connectivity index (χ2n) is 6.02. The molecular formula is C17H28N2O3. The fourth-order valence-corrected chi connectivity index (χ4v) is 2.49. The van der Waals surface area contributed by atoms with E-state index in [-0.39, 0.29) is 18.4 Å². The highest BCUT2D eigenvalue weighted by Gasteiger charge is 2.16. The van der Waals surface area contributed by atoms with Crippen molar-refractivity contribution in [3.8, 4) is 5.75 Å². The third kappa shape index (κ3) is 6.45. The van der Waals surface area contributed by atoms with Crippen LogP contribution in [0.1, 0.15) is 18.1 Å². The van der Waals surface area contributed by atoms with Gasteiger partial charge in [-0.05, 0) is 44.2 Å². The van der Waals surface area contributed by atoms with Crippen molar-refractivity contribution in [2.75, 3.05) is 33.8 Å². The molecule has 0 saturated carbocycles. The molecule has 1 amide bonds. The van der Waals surface area contributed by atoms with E-state index in [1.54, 1.807) is 7.05 Å². The molecule has 1 aromatic carbocycles. The lowest BCUT2D eigenvalue weighted by molar-refractivity contribution is -0.124. The molecule has 1 aromatic rings. The number of aliphatic hydroxyl groups excluding tert-OH is 1. The number of nitrogens with zero attached hydrogens (tertiary/aromatic N) is 1. The van der Waals surface area contributed by atoms with Gasteiger partial charge in [0, 0.05) is 26.1 Å². The number of rotatable bonds is 8. The lowest BCUT2D eigenvalue weighted by Gasteiger charge is -2.23. The Bertz CT molecular complexity index is 471. The fraction of sp³-hybridized carbons (Fsp3) is 0.588. The van der Waals surface area contributed by atoms with Crippen LogP contribution in [0.4, 0.5) is 0 Å². The van der Waals surface area contributed by atoms with Gasteiger partial charge in [-0.15, -0.1) is 0 Å². The summed E-state index contributed by atoms with van der Waals surface area (Å²) in [6, 6.07) is 5.99. The molecule has 0 saturated heterocycles. The van der Waals surface area contributed by atoms with E-state index in [0.717, 1.165) is 16.9 Å². The molecule has 2 atom stereocenters. The third-order valence-electron chi connectivity index (χ3n) is 3.44. The Morgan fingerprint density at radius 1 is 1.27 bits per heavy atom. The summed E-state index contributed by atoms with van der Waals surface area (Å²) in [6.45, 7) is 7.20. The number of benzene rings is 1. The molecule has 1 rings (SSSR count). The van der Waals surface area contributed by atoms with Gasteiger partial charge in [-0.2, -0.15) is 0 Å². The molecule has 0 aliphatic carbocycles. The molecule has 0 aliphatic heterocycles. The number of likely N-dealkylation sites (N-methyl/N-ethyl adjacent to an activating group) is 1. The van der Waals surface area contributed by atoms with Crippen LogP contribution in [0.15, 0.2) is 18.2 Å². The zero-order chi connectivity index (χ0) is 16.7. The van der Waals surface area contributed by atoms with Crippen LogP contribution < -0.4 is 10.1 Å². The highest BCUT2D eigenvalue weighted by molar-refractivity contribution is 5.78. The van der Waals surface area contributed by atoms with Gasteiger partial charge in [0.1, 0.15) is 18.5 Å². The maximum Gasteiger partial charge on any atom is 0.223 e. The van der Waals surface area contributed by atoms with Crippen LogP contribution in [0.25, 0.3) is 0 Å². The molecule has 0 bridgehead atoms. The molecule has 2 N–H and O–H groups in total. The van der Waals surface area contributed by atoms with Gasteiger partial charge < -0.3 is 20.1 Å². The summed E-state index contributed by atoms with van der Waals surface area (Å²) in [4.78, 5) is 13.4. The smallest absolute Gasteiger partial charge is 0.223 e. The van der Waals surface area contributed by atoms with Crippen LogP contribution >= 0.6 is 0 Å². The minimum Gasteiger partial charge on any atom is -0.491 e. The van der Waals surface area contributed by atoms with Gasteiger partial charge in [-0.1, -0.05) is 13.0 Å². The van der Waals surface area contributed by atoms with E-state index in [1.807, 2.05) is 44.9 Å². The Hall–Kier alpha value is -1.59. The van der Waals surface area contributed by atoms with Gasteiger partial charge in [0.2, 0.25) is 5.91 Å². The van der Waals surface area contributed by atoms with Crippen LogP contribution in [0.5, 0.6) is 5.75 Å². The monoisotopic (exact) mass is 308 g/mol. The Labute approximate surface area is 133 Å². The predicted octanol–water partition coefficient (Wildman–Crippen LogP) is 1.36. The van der Waals surface area contributed by atoms with Crippen molar-refractivity contribution < 1.29 is 14.6 Å². The van der Waals surface area contributed by atoms with Crippen molar-refractivity contribution in [1.82, 2.24) is 10.2 Å². The maximum absolute atomic E-state index is 11.5. The van der Waals surface area contributed by atoms with E-state index in [4.69, 9.17) is 4.74 Å². The fourth-order valence-electron chi connectivity index (χ4n) is 2.49. The van der Waals surface area contributed by atoms with Crippen molar-refractivity contribution in [2.24, 2.45) is 5.92 Å². The minimum atomic E-state index is -0.595. The molecule has 0 spiro atoms. The highest BCUT2D eigenvalue weighted by Crippen LogP contribution is 2.16. The van der Waals surface area contributed by atoms with E-state index in [9.17, 15) is 9.90 Å². The van der Waals surface area contributed by atoms with Gasteiger partial charge in [-0.3, -0.25) is 4.79 Å². The zero-order valence-electron chi connectivity index (χ0n) is 14.2. The van der Waals surface area contributed by atoms with Crippen LogP contribution in [0, 0.1) is 19.8 Å². The standard InChI is InChI=1S/C17H28N2O3/c1-12-6-13(2)8-16(7-12)22-11-15(20)10-19(5)9-14(3)17(21)18-4/h6-8,14-15,20H,9-11H2,1-5H3,(H,18,21). The van der Waals surface area contributed by atoms with Crippen molar-refractivity contribution >= 4 is 5.91 Å². The van der Waals surface area contributed by atoms with E-state index in [2.05, 4.69) is 11.4 Å². The Kier molecular flexibility index (Phi) is 7.35. The second-order valence-corrected chi connectivity index (χ2v) is 6.02. The molecule has 5 heteroatoms. The molecule has 5 nitrogen and oxygen atoms in total. The predicted molar refractivity (Wildman–Crippen MR) is 88.1 cm³/mol. The van der Waals surface area contributed by atoms with Crippen molar-refractivity contribution in [1.29, 1.82) is 0 Å². The van der Waals surface area contributed by atoms with Crippen molar-refractivity contribution in [3.05, 3.63) is 29.3 Å². The number of amides is 1. The Morgan fingerprint density at radius 3 is 2.41 bits per heavy atom. The van der Waals surface area contributed by atoms with Crippen molar-refractivity contribution in [3.63, 3.8) is 0 Å². The SMILES string of the molecule is CNC(=O)C(C)CN(C)CC(O)COc1cc(C)cc(C)c1. The number of hydrogen-bond acceptors (Lipinski definition) is 4. The van der Waals surface area contributed by atoms with Crippen LogP contribution in [-0.4, -0.2) is 55.8 Å². The first-order valence-corrected chi connectivity index (χ1v) is 7.61. The highest BCUT2D eigenvalue weighted by atomic mass is 16.5. The topological polar surface area (TPSA) is 61.8 Å². The molecule has 0 heterocycles. The summed E-state index contributed by atoms with van der Waals surface area (Å²) in [5, 5.41) is 12.7. The van der Waals surface area contributed by atoms with Gasteiger partial charge in [0.15, 0.2) is 0 Å². The summed E-state index contributed by atoms with van der Waals surface area (Å²) in [6.07, 6.45) is -0.595. The number of carbonyl (C=O) groups is 1. The van der Waals surface area contributed by atoms with E-state index in [0.29, 0.717) is 13.1 Å². The normalized spacial score (nSPS) is 13.8. The average Bonchev–Trinajstić information content (AvgIpc) is 2.43. The van der Waals surface area contributed by atoms with Crippen LogP contribution in [-0.2, 0) is 4.79 Å². The number of aliphatic hydroxyl groups is 1. The number of hydrogen-bond donors (Lipinski definition) is 2. The van der Waals surface area contributed by atoms with E-state index >= 15 is 0 Å². The Balaban J connectivity index is 2.39. The Morgan fingerprint density at radius 2 is 1.86 bits per heavy atom. The lowest BCUT2D eigenvalue weighted by atomic mass is 10.1. The molecular weight excluding hydrogens is 280 g/mol. The first-order valence-electron chi connectivity index (χ1n) is 7.61.